The zero-order valence-corrected chi connectivity index (χ0v) is 8.35. The van der Waals surface area contributed by atoms with E-state index in [0.717, 1.165) is 6.61 Å². The Kier molecular flexibility index (Phi) is 6.67. The molecule has 0 saturated heterocycles. The summed E-state index contributed by atoms with van der Waals surface area (Å²) in [5, 5.41) is 0. The molecule has 0 rings (SSSR count). The van der Waals surface area contributed by atoms with E-state index in [0.29, 0.717) is 0 Å². The molecule has 0 N–H and O–H groups in total. The average Bonchev–Trinajstić information content (AvgIpc) is 1.69. The van der Waals surface area contributed by atoms with Crippen LogP contribution in [0.25, 0.3) is 0 Å². The molecule has 0 aliphatic carbocycles. The smallest absolute Gasteiger partial charge is 0.304 e. The average molecular weight is 136 g/mol. The Morgan fingerprint density at radius 1 is 1.71 bits per heavy atom. The minimum Gasteiger partial charge on any atom is -0.402 e. The second-order valence-electron chi connectivity index (χ2n) is 1.31. The van der Waals surface area contributed by atoms with Gasteiger partial charge >= 0.3 is 10.0 Å². The van der Waals surface area contributed by atoms with E-state index in [4.69, 9.17) is 8.85 Å². The Hall–Kier alpha value is 0.354. The monoisotopic (exact) mass is 136 g/mol. The third kappa shape index (κ3) is 6.35. The van der Waals surface area contributed by atoms with E-state index in [2.05, 4.69) is 0 Å². The molecule has 0 aliphatic heterocycles. The first-order valence-corrected chi connectivity index (χ1v) is 5.05. The third-order valence-electron chi connectivity index (χ3n) is 0.550. The Balaban J connectivity index is 2.45. The Morgan fingerprint density at radius 3 is 2.86 bits per heavy atom. The molecule has 0 saturated carbocycles. The molecule has 7 heavy (non-hydrogen) atoms. The highest BCUT2D eigenvalue weighted by molar-refractivity contribution is 6.18. The SMILES string of the molecule is CO[SiH2]OCC[SiH3]. The molecule has 4 heteroatoms. The van der Waals surface area contributed by atoms with E-state index < -0.39 is 10.0 Å². The second kappa shape index (κ2) is 6.35. The fraction of sp³-hybridized carbons (Fsp3) is 1.00. The normalized spacial score (nSPS) is 11.6. The number of rotatable bonds is 4. The molecular weight excluding hydrogens is 124 g/mol. The predicted octanol–water partition coefficient (Wildman–Crippen LogP) is -1.57. The van der Waals surface area contributed by atoms with Crippen molar-refractivity contribution in [1.29, 1.82) is 0 Å². The summed E-state index contributed by atoms with van der Waals surface area (Å²) in [6.07, 6.45) is 0. The largest absolute Gasteiger partial charge is 0.402 e. The Morgan fingerprint density at radius 2 is 2.43 bits per heavy atom. The van der Waals surface area contributed by atoms with Gasteiger partial charge < -0.3 is 8.85 Å². The third-order valence-corrected chi connectivity index (χ3v) is 1.65. The molecule has 0 aromatic carbocycles. The van der Waals surface area contributed by atoms with Crippen molar-refractivity contribution in [2.45, 2.75) is 6.04 Å². The molecular formula is C3H12O2Si2. The van der Waals surface area contributed by atoms with Crippen LogP contribution in [-0.4, -0.2) is 34.0 Å². The van der Waals surface area contributed by atoms with Crippen molar-refractivity contribution in [3.63, 3.8) is 0 Å². The highest BCUT2D eigenvalue weighted by atomic mass is 28.3. The fourth-order valence-corrected chi connectivity index (χ4v) is 1.73. The Bertz CT molecular complexity index is 30.1. The number of hydrogen-bond acceptors (Lipinski definition) is 2. The molecule has 0 heterocycles. The van der Waals surface area contributed by atoms with Gasteiger partial charge in [-0.1, -0.05) is 0 Å². The summed E-state index contributed by atoms with van der Waals surface area (Å²) in [6.45, 7) is 0.923. The van der Waals surface area contributed by atoms with Crippen LogP contribution in [0.1, 0.15) is 0 Å². The lowest BCUT2D eigenvalue weighted by atomic mass is 10.9. The standard InChI is InChI=1S/C3H12O2Si2/c1-4-7-5-2-3-6/h2-3,7H2,1,6H3. The lowest BCUT2D eigenvalue weighted by Gasteiger charge is -1.95. The molecule has 44 valence electrons. The fourth-order valence-electron chi connectivity index (χ4n) is 0.287. The summed E-state index contributed by atoms with van der Waals surface area (Å²) in [6, 6.07) is 1.23. The molecule has 0 unspecified atom stereocenters. The summed E-state index contributed by atoms with van der Waals surface area (Å²) < 4.78 is 9.86. The molecule has 0 aliphatic rings. The van der Waals surface area contributed by atoms with Gasteiger partial charge in [0.25, 0.3) is 0 Å². The van der Waals surface area contributed by atoms with E-state index >= 15 is 0 Å². The van der Waals surface area contributed by atoms with E-state index in [-0.39, 0.29) is 0 Å². The van der Waals surface area contributed by atoms with E-state index in [1.807, 2.05) is 0 Å². The van der Waals surface area contributed by atoms with Crippen LogP contribution in [0.4, 0.5) is 0 Å². The maximum absolute atomic E-state index is 5.08. The molecule has 0 aromatic rings. The van der Waals surface area contributed by atoms with Gasteiger partial charge in [-0.25, -0.2) is 0 Å². The van der Waals surface area contributed by atoms with Crippen molar-refractivity contribution in [2.75, 3.05) is 13.7 Å². The summed E-state index contributed by atoms with van der Waals surface area (Å²) in [5.74, 6) is 0. The van der Waals surface area contributed by atoms with Gasteiger partial charge in [-0.3, -0.25) is 0 Å². The van der Waals surface area contributed by atoms with Gasteiger partial charge in [0.15, 0.2) is 0 Å². The highest BCUT2D eigenvalue weighted by Gasteiger charge is 1.79. The van der Waals surface area contributed by atoms with Gasteiger partial charge in [-0.05, 0) is 6.04 Å². The van der Waals surface area contributed by atoms with Gasteiger partial charge in [0.05, 0.1) is 0 Å². The zero-order chi connectivity index (χ0) is 5.54. The van der Waals surface area contributed by atoms with Crippen LogP contribution in [0, 0.1) is 0 Å². The van der Waals surface area contributed by atoms with Crippen LogP contribution in [-0.2, 0) is 8.85 Å². The van der Waals surface area contributed by atoms with Gasteiger partial charge in [-0.15, -0.1) is 0 Å². The van der Waals surface area contributed by atoms with Crippen LogP contribution in [0.5, 0.6) is 0 Å². The van der Waals surface area contributed by atoms with Gasteiger partial charge in [0.2, 0.25) is 0 Å². The molecule has 2 nitrogen and oxygen atoms in total. The van der Waals surface area contributed by atoms with E-state index in [1.165, 1.54) is 16.3 Å². The number of hydrogen-bond donors (Lipinski definition) is 0. The molecule has 0 fully saturated rings. The topological polar surface area (TPSA) is 18.5 Å². The zero-order valence-electron chi connectivity index (χ0n) is 4.94. The first kappa shape index (κ1) is 7.35. The van der Waals surface area contributed by atoms with Crippen molar-refractivity contribution in [3.8, 4) is 0 Å². The predicted molar refractivity (Wildman–Crippen MR) is 36.3 cm³/mol. The van der Waals surface area contributed by atoms with Crippen molar-refractivity contribution in [2.24, 2.45) is 0 Å². The van der Waals surface area contributed by atoms with Gasteiger partial charge in [0.1, 0.15) is 0 Å². The summed E-state index contributed by atoms with van der Waals surface area (Å²) in [5.41, 5.74) is 0. The highest BCUT2D eigenvalue weighted by Crippen LogP contribution is 1.73. The second-order valence-corrected chi connectivity index (χ2v) is 3.54. The summed E-state index contributed by atoms with van der Waals surface area (Å²) in [7, 11) is 2.37. The van der Waals surface area contributed by atoms with E-state index in [9.17, 15) is 0 Å². The molecule has 0 radical (unpaired) electrons. The van der Waals surface area contributed by atoms with Crippen molar-refractivity contribution in [3.05, 3.63) is 0 Å². The quantitative estimate of drug-likeness (QED) is 0.343. The van der Waals surface area contributed by atoms with Crippen LogP contribution < -0.4 is 0 Å². The maximum Gasteiger partial charge on any atom is 0.304 e. The minimum absolute atomic E-state index is 0.567. The molecule has 0 aromatic heterocycles. The Labute approximate surface area is 49.7 Å². The lowest BCUT2D eigenvalue weighted by Crippen LogP contribution is -2.01. The van der Waals surface area contributed by atoms with Crippen molar-refractivity contribution < 1.29 is 8.85 Å². The summed E-state index contributed by atoms with van der Waals surface area (Å²) in [4.78, 5) is 0. The summed E-state index contributed by atoms with van der Waals surface area (Å²) >= 11 is 0. The van der Waals surface area contributed by atoms with E-state index in [1.54, 1.807) is 7.11 Å². The van der Waals surface area contributed by atoms with Crippen LogP contribution in [0.15, 0.2) is 0 Å². The van der Waals surface area contributed by atoms with Crippen molar-refractivity contribution in [1.82, 2.24) is 0 Å². The van der Waals surface area contributed by atoms with Crippen LogP contribution in [0.3, 0.4) is 0 Å². The molecule has 0 bridgehead atoms. The van der Waals surface area contributed by atoms with Crippen molar-refractivity contribution >= 4 is 20.2 Å². The first-order valence-electron chi connectivity index (χ1n) is 2.48. The van der Waals surface area contributed by atoms with Gasteiger partial charge in [0, 0.05) is 24.0 Å². The minimum atomic E-state index is -0.567. The first-order chi connectivity index (χ1) is 3.41. The lowest BCUT2D eigenvalue weighted by molar-refractivity contribution is 0.269. The molecule has 0 spiro atoms. The molecule has 0 amide bonds. The van der Waals surface area contributed by atoms with Crippen LogP contribution >= 0.6 is 0 Å². The van der Waals surface area contributed by atoms with Crippen LogP contribution in [0.2, 0.25) is 6.04 Å². The van der Waals surface area contributed by atoms with Gasteiger partial charge in [-0.2, -0.15) is 0 Å². The molecule has 0 atom stereocenters. The maximum atomic E-state index is 5.08.